The van der Waals surface area contributed by atoms with Crippen LogP contribution < -0.4 is 9.62 Å². The van der Waals surface area contributed by atoms with Crippen LogP contribution >= 0.6 is 0 Å². The minimum atomic E-state index is -3.63. The van der Waals surface area contributed by atoms with Crippen LogP contribution in [-0.4, -0.2) is 52.0 Å². The number of ether oxygens (including phenoxy) is 1. The third kappa shape index (κ3) is 3.65. The molecule has 3 aliphatic heterocycles. The Morgan fingerprint density at radius 2 is 1.80 bits per heavy atom. The van der Waals surface area contributed by atoms with Crippen molar-refractivity contribution in [1.29, 1.82) is 0 Å². The minimum absolute atomic E-state index is 0.366. The Hall–Kier alpha value is -1.64. The summed E-state index contributed by atoms with van der Waals surface area (Å²) < 4.78 is 36.4. The summed E-state index contributed by atoms with van der Waals surface area (Å²) in [4.78, 5) is 4.40. The standard InChI is InChI=1S/C17H24N4O3S/c22-25(23)18-16-4-2-1-3-9-21(16)17(19-25)14-5-7-15(8-6-14)20-10-12-24-13-11-20/h5-8,17,19H,1-4,9-13H2/t17-/m0/s1. The predicted octanol–water partition coefficient (Wildman–Crippen LogP) is 1.64. The first kappa shape index (κ1) is 16.8. The van der Waals surface area contributed by atoms with Crippen LogP contribution in [0.1, 0.15) is 37.4 Å². The van der Waals surface area contributed by atoms with Crippen LogP contribution in [0.4, 0.5) is 5.69 Å². The zero-order chi connectivity index (χ0) is 17.3. The molecule has 1 N–H and O–H groups in total. The lowest BCUT2D eigenvalue weighted by atomic mass is 10.1. The molecule has 3 heterocycles. The van der Waals surface area contributed by atoms with Crippen LogP contribution in [0.25, 0.3) is 0 Å². The van der Waals surface area contributed by atoms with Gasteiger partial charge in [0.1, 0.15) is 12.0 Å². The number of nitrogens with zero attached hydrogens (tertiary/aromatic N) is 3. The molecule has 136 valence electrons. The van der Waals surface area contributed by atoms with Crippen LogP contribution in [0, 0.1) is 0 Å². The van der Waals surface area contributed by atoms with Gasteiger partial charge in [0.15, 0.2) is 0 Å². The van der Waals surface area contributed by atoms with E-state index in [2.05, 4.69) is 31.1 Å². The highest BCUT2D eigenvalue weighted by Crippen LogP contribution is 2.29. The number of rotatable bonds is 2. The fourth-order valence-electron chi connectivity index (χ4n) is 3.70. The number of fused-ring (bicyclic) bond motifs is 1. The molecule has 4 rings (SSSR count). The Balaban J connectivity index is 1.60. The highest BCUT2D eigenvalue weighted by Gasteiger charge is 2.33. The normalized spacial score (nSPS) is 26.6. The summed E-state index contributed by atoms with van der Waals surface area (Å²) in [5, 5.41) is 0. The third-order valence-corrected chi connectivity index (χ3v) is 5.99. The Morgan fingerprint density at radius 1 is 1.04 bits per heavy atom. The second-order valence-corrected chi connectivity index (χ2v) is 8.07. The average molecular weight is 364 g/mol. The van der Waals surface area contributed by atoms with E-state index in [1.165, 1.54) is 0 Å². The maximum atomic E-state index is 12.2. The predicted molar refractivity (Wildman–Crippen MR) is 96.9 cm³/mol. The molecule has 3 aliphatic rings. The first-order valence-electron chi connectivity index (χ1n) is 8.93. The van der Waals surface area contributed by atoms with Crippen molar-refractivity contribution in [3.8, 4) is 0 Å². The molecule has 1 aromatic carbocycles. The first-order valence-corrected chi connectivity index (χ1v) is 10.4. The van der Waals surface area contributed by atoms with Gasteiger partial charge >= 0.3 is 10.2 Å². The Morgan fingerprint density at radius 3 is 2.56 bits per heavy atom. The van der Waals surface area contributed by atoms with Gasteiger partial charge in [-0.1, -0.05) is 18.6 Å². The van der Waals surface area contributed by atoms with Gasteiger partial charge in [0.2, 0.25) is 0 Å². The largest absolute Gasteiger partial charge is 0.378 e. The van der Waals surface area contributed by atoms with Gasteiger partial charge in [-0.25, -0.2) is 0 Å². The van der Waals surface area contributed by atoms with E-state index in [4.69, 9.17) is 4.74 Å². The molecule has 0 aliphatic carbocycles. The topological polar surface area (TPSA) is 74.2 Å². The number of nitrogens with one attached hydrogen (secondary N) is 1. The number of hydrogen-bond acceptors (Lipinski definition) is 5. The van der Waals surface area contributed by atoms with Crippen molar-refractivity contribution >= 4 is 21.7 Å². The summed E-state index contributed by atoms with van der Waals surface area (Å²) in [5.41, 5.74) is 2.10. The molecule has 0 unspecified atom stereocenters. The van der Waals surface area contributed by atoms with Crippen LogP contribution in [-0.2, 0) is 14.9 Å². The lowest BCUT2D eigenvalue weighted by molar-refractivity contribution is 0.122. The van der Waals surface area contributed by atoms with Gasteiger partial charge in [-0.2, -0.15) is 13.1 Å². The lowest BCUT2D eigenvalue weighted by Crippen LogP contribution is -2.48. The number of hydrogen-bond donors (Lipinski definition) is 1. The molecule has 25 heavy (non-hydrogen) atoms. The van der Waals surface area contributed by atoms with E-state index in [-0.39, 0.29) is 6.17 Å². The number of benzene rings is 1. The summed E-state index contributed by atoms with van der Waals surface area (Å²) in [5.74, 6) is 0.693. The minimum Gasteiger partial charge on any atom is -0.378 e. The van der Waals surface area contributed by atoms with E-state index >= 15 is 0 Å². The molecule has 0 saturated carbocycles. The molecule has 0 amide bonds. The Labute approximate surface area is 148 Å². The fourth-order valence-corrected chi connectivity index (χ4v) is 4.77. The van der Waals surface area contributed by atoms with E-state index in [9.17, 15) is 8.42 Å². The second-order valence-electron chi connectivity index (χ2n) is 6.70. The molecule has 0 bridgehead atoms. The molecular weight excluding hydrogens is 340 g/mol. The van der Waals surface area contributed by atoms with Gasteiger partial charge in [-0.05, 0) is 30.5 Å². The number of amidine groups is 1. The van der Waals surface area contributed by atoms with Crippen LogP contribution in [0.15, 0.2) is 28.7 Å². The number of anilines is 1. The first-order chi connectivity index (χ1) is 12.1. The zero-order valence-electron chi connectivity index (χ0n) is 14.2. The van der Waals surface area contributed by atoms with E-state index in [1.54, 1.807) is 0 Å². The molecule has 7 nitrogen and oxygen atoms in total. The van der Waals surface area contributed by atoms with Crippen molar-refractivity contribution < 1.29 is 13.2 Å². The molecular formula is C17H24N4O3S. The van der Waals surface area contributed by atoms with E-state index in [1.807, 2.05) is 12.1 Å². The molecule has 2 saturated heterocycles. The summed E-state index contributed by atoms with van der Waals surface area (Å²) in [6, 6.07) is 8.17. The summed E-state index contributed by atoms with van der Waals surface area (Å²) in [6.07, 6.45) is 3.52. The molecule has 0 radical (unpaired) electrons. The van der Waals surface area contributed by atoms with Crippen molar-refractivity contribution in [3.05, 3.63) is 29.8 Å². The van der Waals surface area contributed by atoms with Gasteiger partial charge in [-0.15, -0.1) is 4.40 Å². The highest BCUT2D eigenvalue weighted by atomic mass is 32.2. The van der Waals surface area contributed by atoms with Crippen LogP contribution in [0.2, 0.25) is 0 Å². The van der Waals surface area contributed by atoms with Crippen molar-refractivity contribution in [2.75, 3.05) is 37.7 Å². The molecule has 2 fully saturated rings. The van der Waals surface area contributed by atoms with Gasteiger partial charge in [0, 0.05) is 31.7 Å². The summed E-state index contributed by atoms with van der Waals surface area (Å²) >= 11 is 0. The SMILES string of the molecule is O=S1(=O)N=C2CCCCCN2[C@@H](c2ccc(N3CCOCC3)cc2)N1. The Kier molecular flexibility index (Phi) is 4.66. The van der Waals surface area contributed by atoms with Crippen molar-refractivity contribution in [3.63, 3.8) is 0 Å². The average Bonchev–Trinajstić information content (AvgIpc) is 2.86. The van der Waals surface area contributed by atoms with E-state index in [0.29, 0.717) is 5.84 Å². The fraction of sp³-hybridized carbons (Fsp3) is 0.588. The summed E-state index contributed by atoms with van der Waals surface area (Å²) in [7, 11) is -3.63. The summed E-state index contributed by atoms with van der Waals surface area (Å²) in [6.45, 7) is 4.10. The van der Waals surface area contributed by atoms with Crippen molar-refractivity contribution in [2.45, 2.75) is 31.8 Å². The maximum Gasteiger partial charge on any atom is 0.323 e. The molecule has 8 heteroatoms. The monoisotopic (exact) mass is 364 g/mol. The smallest absolute Gasteiger partial charge is 0.323 e. The number of morpholine rings is 1. The zero-order valence-corrected chi connectivity index (χ0v) is 15.0. The van der Waals surface area contributed by atoms with Gasteiger partial charge in [-0.3, -0.25) is 0 Å². The molecule has 1 atom stereocenters. The van der Waals surface area contributed by atoms with Gasteiger partial charge in [0.25, 0.3) is 0 Å². The molecule has 1 aromatic rings. The van der Waals surface area contributed by atoms with E-state index in [0.717, 1.165) is 69.8 Å². The van der Waals surface area contributed by atoms with Crippen molar-refractivity contribution in [1.82, 2.24) is 9.62 Å². The molecule has 0 aromatic heterocycles. The highest BCUT2D eigenvalue weighted by molar-refractivity contribution is 7.88. The van der Waals surface area contributed by atoms with E-state index < -0.39 is 10.2 Å². The molecule has 0 spiro atoms. The van der Waals surface area contributed by atoms with Crippen LogP contribution in [0.3, 0.4) is 0 Å². The lowest BCUT2D eigenvalue weighted by Gasteiger charge is -2.36. The van der Waals surface area contributed by atoms with Gasteiger partial charge < -0.3 is 14.5 Å². The van der Waals surface area contributed by atoms with Gasteiger partial charge in [0.05, 0.1) is 13.2 Å². The quantitative estimate of drug-likeness (QED) is 0.864. The Bertz CT molecular complexity index is 742. The maximum absolute atomic E-state index is 12.2. The van der Waals surface area contributed by atoms with Crippen LogP contribution in [0.5, 0.6) is 0 Å². The second kappa shape index (κ2) is 6.93. The van der Waals surface area contributed by atoms with Crippen molar-refractivity contribution in [2.24, 2.45) is 4.40 Å². The third-order valence-electron chi connectivity index (χ3n) is 5.01.